The van der Waals surface area contributed by atoms with Crippen molar-refractivity contribution >= 4 is 35.5 Å². The zero-order valence-electron chi connectivity index (χ0n) is 21.7. The average molecular weight is 603 g/mol. The number of halogens is 6. The zero-order chi connectivity index (χ0) is 29.8. The van der Waals surface area contributed by atoms with Crippen molar-refractivity contribution in [3.05, 3.63) is 59.2 Å². The molecule has 0 unspecified atom stereocenters. The van der Waals surface area contributed by atoms with Crippen molar-refractivity contribution in [3.63, 3.8) is 0 Å². The second-order valence-corrected chi connectivity index (χ2v) is 10.7. The van der Waals surface area contributed by atoms with Gasteiger partial charge >= 0.3 is 18.4 Å². The lowest BCUT2D eigenvalue weighted by Gasteiger charge is -2.31. The predicted octanol–water partition coefficient (Wildman–Crippen LogP) is 5.70. The molecule has 2 saturated heterocycles. The standard InChI is InChI=1S/C27H28F6N4O3S/c28-26(29,30)23-17(5-7-22(38)36-12-14-40-15-13-36)4-6-21(24(23)27(31,32)33)41-20-3-1-2-19(16-20)35-18-8-10-37(11-9-18)25(34)39/h1-7,16,18,35H,8-15H2,(H2,34,39)/b7-5+. The van der Waals surface area contributed by atoms with E-state index in [1.807, 2.05) is 0 Å². The predicted molar refractivity (Wildman–Crippen MR) is 141 cm³/mol. The second-order valence-electron chi connectivity index (χ2n) is 9.54. The molecule has 3 N–H and O–H groups in total. The quantitative estimate of drug-likeness (QED) is 0.327. The van der Waals surface area contributed by atoms with Gasteiger partial charge in [-0.2, -0.15) is 26.3 Å². The highest BCUT2D eigenvalue weighted by Crippen LogP contribution is 2.48. The third-order valence-electron chi connectivity index (χ3n) is 6.73. The number of ether oxygens (including phenoxy) is 1. The summed E-state index contributed by atoms with van der Waals surface area (Å²) in [5, 5.41) is 3.26. The summed E-state index contributed by atoms with van der Waals surface area (Å²) in [5.74, 6) is -0.613. The molecule has 0 radical (unpaired) electrons. The number of rotatable bonds is 6. The minimum absolute atomic E-state index is 0.0142. The highest BCUT2D eigenvalue weighted by Gasteiger charge is 2.46. The molecule has 0 atom stereocenters. The number of likely N-dealkylation sites (tertiary alicyclic amines) is 1. The molecule has 2 aromatic carbocycles. The fraction of sp³-hybridized carbons (Fsp3) is 0.407. The lowest BCUT2D eigenvalue weighted by Crippen LogP contribution is -2.44. The van der Waals surface area contributed by atoms with Crippen molar-refractivity contribution in [2.24, 2.45) is 5.73 Å². The first kappa shape index (κ1) is 30.6. The van der Waals surface area contributed by atoms with E-state index < -0.39 is 45.9 Å². The number of carbonyl (C=O) groups excluding carboxylic acids is 2. The lowest BCUT2D eigenvalue weighted by molar-refractivity contribution is -0.163. The first-order chi connectivity index (χ1) is 19.3. The Labute approximate surface area is 236 Å². The van der Waals surface area contributed by atoms with Gasteiger partial charge in [0.15, 0.2) is 0 Å². The minimum atomic E-state index is -5.34. The van der Waals surface area contributed by atoms with Crippen LogP contribution in [0.2, 0.25) is 0 Å². The van der Waals surface area contributed by atoms with E-state index in [0.29, 0.717) is 48.3 Å². The van der Waals surface area contributed by atoms with Crippen LogP contribution < -0.4 is 11.1 Å². The number of urea groups is 1. The summed E-state index contributed by atoms with van der Waals surface area (Å²) in [5.41, 5.74) is 1.46. The van der Waals surface area contributed by atoms with Gasteiger partial charge in [-0.3, -0.25) is 4.79 Å². The molecule has 2 fully saturated rings. The molecule has 0 bridgehead atoms. The van der Waals surface area contributed by atoms with Gasteiger partial charge in [0.05, 0.1) is 24.3 Å². The Morgan fingerprint density at radius 3 is 2.20 bits per heavy atom. The zero-order valence-corrected chi connectivity index (χ0v) is 22.5. The second kappa shape index (κ2) is 12.6. The largest absolute Gasteiger partial charge is 0.418 e. The Hall–Kier alpha value is -3.39. The van der Waals surface area contributed by atoms with Crippen LogP contribution in [0.4, 0.5) is 36.8 Å². The van der Waals surface area contributed by atoms with Gasteiger partial charge in [-0.15, -0.1) is 0 Å². The number of primary amides is 1. The molecule has 0 spiro atoms. The highest BCUT2D eigenvalue weighted by atomic mass is 32.2. The Kier molecular flexibility index (Phi) is 9.42. The van der Waals surface area contributed by atoms with E-state index in [-0.39, 0.29) is 32.3 Å². The number of benzene rings is 2. The molecule has 222 valence electrons. The maximum absolute atomic E-state index is 14.2. The van der Waals surface area contributed by atoms with Crippen LogP contribution in [0.15, 0.2) is 52.3 Å². The van der Waals surface area contributed by atoms with Crippen molar-refractivity contribution in [1.29, 1.82) is 0 Å². The number of carbonyl (C=O) groups is 2. The molecule has 0 saturated carbocycles. The number of nitrogens with zero attached hydrogens (tertiary/aromatic N) is 2. The molecule has 7 nitrogen and oxygen atoms in total. The smallest absolute Gasteiger partial charge is 0.382 e. The lowest BCUT2D eigenvalue weighted by atomic mass is 9.99. The van der Waals surface area contributed by atoms with Gasteiger partial charge in [0, 0.05) is 53.8 Å². The Morgan fingerprint density at radius 1 is 0.927 bits per heavy atom. The van der Waals surface area contributed by atoms with Gasteiger partial charge in [-0.25, -0.2) is 4.79 Å². The first-order valence-electron chi connectivity index (χ1n) is 12.8. The summed E-state index contributed by atoms with van der Waals surface area (Å²) < 4.78 is 90.2. The van der Waals surface area contributed by atoms with Gasteiger partial charge in [0.1, 0.15) is 0 Å². The molecule has 0 aliphatic carbocycles. The molecule has 2 aliphatic rings. The van der Waals surface area contributed by atoms with Crippen LogP contribution in [0.25, 0.3) is 6.08 Å². The molecule has 41 heavy (non-hydrogen) atoms. The van der Waals surface area contributed by atoms with E-state index >= 15 is 0 Å². The molecule has 4 rings (SSSR count). The molecular weight excluding hydrogens is 574 g/mol. The van der Waals surface area contributed by atoms with Crippen LogP contribution in [0.1, 0.15) is 29.5 Å². The summed E-state index contributed by atoms with van der Waals surface area (Å²) >= 11 is 0.565. The van der Waals surface area contributed by atoms with Crippen molar-refractivity contribution in [3.8, 4) is 0 Å². The van der Waals surface area contributed by atoms with Crippen molar-refractivity contribution in [2.45, 2.75) is 41.0 Å². The van der Waals surface area contributed by atoms with E-state index in [9.17, 15) is 35.9 Å². The Bertz CT molecular complexity index is 1290. The fourth-order valence-corrected chi connectivity index (χ4v) is 5.76. The van der Waals surface area contributed by atoms with Crippen LogP contribution in [0.5, 0.6) is 0 Å². The normalized spacial score (nSPS) is 17.2. The molecular formula is C27H28F6N4O3S. The number of piperidine rings is 1. The average Bonchev–Trinajstić information content (AvgIpc) is 2.91. The fourth-order valence-electron chi connectivity index (χ4n) is 4.72. The van der Waals surface area contributed by atoms with Gasteiger partial charge in [-0.1, -0.05) is 23.9 Å². The molecule has 3 amide bonds. The number of hydrogen-bond acceptors (Lipinski definition) is 5. The van der Waals surface area contributed by atoms with Crippen molar-refractivity contribution < 1.29 is 40.7 Å². The molecule has 14 heteroatoms. The van der Waals surface area contributed by atoms with Crippen LogP contribution in [0.3, 0.4) is 0 Å². The Balaban J connectivity index is 1.60. The summed E-state index contributed by atoms with van der Waals surface area (Å²) in [4.78, 5) is 26.3. The minimum Gasteiger partial charge on any atom is -0.382 e. The number of hydrogen-bond donors (Lipinski definition) is 2. The molecule has 2 aromatic rings. The van der Waals surface area contributed by atoms with E-state index in [4.69, 9.17) is 10.5 Å². The molecule has 0 aromatic heterocycles. The van der Waals surface area contributed by atoms with Crippen LogP contribution in [-0.2, 0) is 21.9 Å². The topological polar surface area (TPSA) is 87.9 Å². The Morgan fingerprint density at radius 2 is 1.59 bits per heavy atom. The summed E-state index contributed by atoms with van der Waals surface area (Å²) in [6, 6.07) is 7.77. The maximum Gasteiger partial charge on any atom is 0.418 e. The SMILES string of the molecule is NC(=O)N1CCC(Nc2cccc(Sc3ccc(/C=C/C(=O)N4CCOCC4)c(C(F)(F)F)c3C(F)(F)F)c2)CC1. The van der Waals surface area contributed by atoms with E-state index in [0.717, 1.165) is 24.3 Å². The summed E-state index contributed by atoms with van der Waals surface area (Å²) in [6.07, 6.45) is -7.82. The molecule has 2 aliphatic heterocycles. The first-order valence-corrected chi connectivity index (χ1v) is 13.6. The number of alkyl halides is 6. The van der Waals surface area contributed by atoms with Crippen molar-refractivity contribution in [2.75, 3.05) is 44.7 Å². The number of nitrogens with two attached hydrogens (primary N) is 1. The highest BCUT2D eigenvalue weighted by molar-refractivity contribution is 7.99. The van der Waals surface area contributed by atoms with Crippen LogP contribution in [-0.4, -0.2) is 67.2 Å². The van der Waals surface area contributed by atoms with E-state index in [1.165, 1.54) is 15.9 Å². The van der Waals surface area contributed by atoms with Gasteiger partial charge in [-0.05, 0) is 48.7 Å². The van der Waals surface area contributed by atoms with Crippen molar-refractivity contribution in [1.82, 2.24) is 9.80 Å². The summed E-state index contributed by atoms with van der Waals surface area (Å²) in [6.45, 7) is 1.91. The third kappa shape index (κ3) is 7.88. The monoisotopic (exact) mass is 602 g/mol. The van der Waals surface area contributed by atoms with Gasteiger partial charge < -0.3 is 25.6 Å². The third-order valence-corrected chi connectivity index (χ3v) is 7.78. The number of anilines is 1. The van der Waals surface area contributed by atoms with E-state index in [2.05, 4.69) is 5.32 Å². The van der Waals surface area contributed by atoms with Gasteiger partial charge in [0.25, 0.3) is 0 Å². The summed E-state index contributed by atoms with van der Waals surface area (Å²) in [7, 11) is 0. The van der Waals surface area contributed by atoms with Crippen LogP contribution >= 0.6 is 11.8 Å². The number of amides is 3. The van der Waals surface area contributed by atoms with E-state index in [1.54, 1.807) is 18.2 Å². The van der Waals surface area contributed by atoms with Crippen LogP contribution in [0, 0.1) is 0 Å². The molecule has 2 heterocycles. The number of nitrogens with one attached hydrogen (secondary N) is 1. The van der Waals surface area contributed by atoms with Gasteiger partial charge in [0.2, 0.25) is 5.91 Å². The number of morpholine rings is 1. The maximum atomic E-state index is 14.2.